The van der Waals surface area contributed by atoms with Crippen molar-refractivity contribution in [2.45, 2.75) is 32.2 Å². The molecule has 0 amide bonds. The van der Waals surface area contributed by atoms with Crippen LogP contribution in [0.4, 0.5) is 0 Å². The Hall–Kier alpha value is -3.62. The number of rotatable bonds is 13. The van der Waals surface area contributed by atoms with Crippen molar-refractivity contribution in [1.82, 2.24) is 4.90 Å². The monoisotopic (exact) mass is 585 g/mol. The van der Waals surface area contributed by atoms with E-state index in [4.69, 9.17) is 28.4 Å². The molecule has 41 heavy (non-hydrogen) atoms. The predicted molar refractivity (Wildman–Crippen MR) is 161 cm³/mol. The van der Waals surface area contributed by atoms with Gasteiger partial charge in [0.2, 0.25) is 0 Å². The van der Waals surface area contributed by atoms with Gasteiger partial charge in [-0.3, -0.25) is 4.90 Å². The van der Waals surface area contributed by atoms with Crippen molar-refractivity contribution in [2.75, 3.05) is 54.7 Å². The largest absolute Gasteiger partial charge is 0.494 e. The lowest BCUT2D eigenvalue weighted by molar-refractivity contribution is 0.0526. The van der Waals surface area contributed by atoms with Crippen molar-refractivity contribution < 1.29 is 33.2 Å². The fraction of sp³-hybridized carbons (Fsp3) is 0.406. The smallest absolute Gasteiger partial charge is 0.338 e. The standard InChI is InChI=1S/C32H39NO7.ClH/c1-6-39-32(34)23-9-11-25(12-10-23)40-17-7-15-33-16-14-24-20-30(37-4)31(38-5)21-26(24)27(33)18-22-8-13-28(35-2)29(19-22)36-3;/h8-13,19-21,27H,6-7,14-18H2,1-5H3;1H. The fourth-order valence-corrected chi connectivity index (χ4v) is 5.18. The van der Waals surface area contributed by atoms with Crippen molar-refractivity contribution in [3.63, 3.8) is 0 Å². The number of nitrogens with zero attached hydrogens (tertiary/aromatic N) is 1. The number of esters is 1. The molecule has 1 unspecified atom stereocenters. The maximum atomic E-state index is 11.9. The Morgan fingerprint density at radius 3 is 2.17 bits per heavy atom. The molecule has 0 radical (unpaired) electrons. The summed E-state index contributed by atoms with van der Waals surface area (Å²) in [4.78, 5) is 14.4. The van der Waals surface area contributed by atoms with Gasteiger partial charge >= 0.3 is 5.97 Å². The van der Waals surface area contributed by atoms with Crippen molar-refractivity contribution in [1.29, 1.82) is 0 Å². The Labute approximate surface area is 248 Å². The zero-order chi connectivity index (χ0) is 28.5. The number of carbonyl (C=O) groups excluding carboxylic acids is 1. The van der Waals surface area contributed by atoms with Crippen LogP contribution in [0.1, 0.15) is 46.4 Å². The summed E-state index contributed by atoms with van der Waals surface area (Å²) in [7, 11) is 6.65. The summed E-state index contributed by atoms with van der Waals surface area (Å²) in [6.07, 6.45) is 2.58. The zero-order valence-electron chi connectivity index (χ0n) is 24.4. The molecular formula is C32H40ClNO7. The van der Waals surface area contributed by atoms with Crippen LogP contribution in [-0.2, 0) is 17.6 Å². The third-order valence-corrected chi connectivity index (χ3v) is 7.21. The summed E-state index contributed by atoms with van der Waals surface area (Å²) >= 11 is 0. The number of halogens is 1. The summed E-state index contributed by atoms with van der Waals surface area (Å²) < 4.78 is 33.3. The van der Waals surface area contributed by atoms with Gasteiger partial charge in [-0.15, -0.1) is 12.4 Å². The summed E-state index contributed by atoms with van der Waals surface area (Å²) in [5, 5.41) is 0. The molecule has 1 heterocycles. The summed E-state index contributed by atoms with van der Waals surface area (Å²) in [5.41, 5.74) is 4.20. The molecule has 1 atom stereocenters. The van der Waals surface area contributed by atoms with Crippen LogP contribution < -0.4 is 23.7 Å². The predicted octanol–water partition coefficient (Wildman–Crippen LogP) is 5.93. The molecule has 0 N–H and O–H groups in total. The highest BCUT2D eigenvalue weighted by Crippen LogP contribution is 2.40. The molecule has 1 aliphatic rings. The van der Waals surface area contributed by atoms with E-state index in [1.807, 2.05) is 18.2 Å². The number of hydrogen-bond acceptors (Lipinski definition) is 8. The fourth-order valence-electron chi connectivity index (χ4n) is 5.18. The van der Waals surface area contributed by atoms with Crippen molar-refractivity contribution in [3.05, 3.63) is 76.9 Å². The first-order valence-corrected chi connectivity index (χ1v) is 13.6. The molecule has 0 saturated carbocycles. The molecule has 0 aliphatic carbocycles. The minimum Gasteiger partial charge on any atom is -0.494 e. The van der Waals surface area contributed by atoms with Gasteiger partial charge < -0.3 is 28.4 Å². The van der Waals surface area contributed by atoms with Gasteiger partial charge in [0.05, 0.1) is 47.2 Å². The van der Waals surface area contributed by atoms with Gasteiger partial charge in [0.25, 0.3) is 0 Å². The number of methoxy groups -OCH3 is 4. The number of benzene rings is 3. The summed E-state index contributed by atoms with van der Waals surface area (Å²) in [6.45, 7) is 4.51. The van der Waals surface area contributed by atoms with Gasteiger partial charge in [-0.1, -0.05) is 6.07 Å². The Morgan fingerprint density at radius 1 is 0.854 bits per heavy atom. The second-order valence-electron chi connectivity index (χ2n) is 9.55. The molecule has 8 nitrogen and oxygen atoms in total. The van der Waals surface area contributed by atoms with E-state index in [9.17, 15) is 4.79 Å². The van der Waals surface area contributed by atoms with E-state index in [0.717, 1.165) is 60.9 Å². The maximum Gasteiger partial charge on any atom is 0.338 e. The lowest BCUT2D eigenvalue weighted by atomic mass is 9.88. The zero-order valence-corrected chi connectivity index (χ0v) is 25.3. The van der Waals surface area contributed by atoms with E-state index < -0.39 is 0 Å². The van der Waals surface area contributed by atoms with Crippen LogP contribution >= 0.6 is 12.4 Å². The number of ether oxygens (including phenoxy) is 6. The molecule has 0 bridgehead atoms. The molecule has 0 spiro atoms. The van der Waals surface area contributed by atoms with Crippen molar-refractivity contribution >= 4 is 18.4 Å². The highest BCUT2D eigenvalue weighted by Gasteiger charge is 2.29. The van der Waals surface area contributed by atoms with Crippen LogP contribution in [0.3, 0.4) is 0 Å². The number of hydrogen-bond donors (Lipinski definition) is 0. The van der Waals surface area contributed by atoms with Crippen LogP contribution in [0.15, 0.2) is 54.6 Å². The summed E-state index contributed by atoms with van der Waals surface area (Å²) in [6, 6.07) is 17.6. The maximum absolute atomic E-state index is 11.9. The van der Waals surface area contributed by atoms with E-state index in [1.54, 1.807) is 47.5 Å². The Bertz CT molecular complexity index is 1280. The molecule has 3 aromatic carbocycles. The van der Waals surface area contributed by atoms with E-state index in [1.165, 1.54) is 11.1 Å². The third kappa shape index (κ3) is 7.77. The van der Waals surface area contributed by atoms with Crippen LogP contribution in [0, 0.1) is 0 Å². The van der Waals surface area contributed by atoms with Gasteiger partial charge in [0.1, 0.15) is 5.75 Å². The van der Waals surface area contributed by atoms with Crippen LogP contribution in [0.2, 0.25) is 0 Å². The molecule has 0 saturated heterocycles. The first-order valence-electron chi connectivity index (χ1n) is 13.6. The SMILES string of the molecule is CCOC(=O)c1ccc(OCCCN2CCc3cc(OC)c(OC)cc3C2Cc2ccc(OC)c(OC)c2)cc1.Cl. The minimum atomic E-state index is -0.325. The lowest BCUT2D eigenvalue weighted by Gasteiger charge is -2.38. The normalized spacial score (nSPS) is 14.3. The van der Waals surface area contributed by atoms with E-state index in [-0.39, 0.29) is 24.4 Å². The Morgan fingerprint density at radius 2 is 1.51 bits per heavy atom. The van der Waals surface area contributed by atoms with Gasteiger partial charge in [-0.2, -0.15) is 0 Å². The molecule has 222 valence electrons. The third-order valence-electron chi connectivity index (χ3n) is 7.21. The number of fused-ring (bicyclic) bond motifs is 1. The van der Waals surface area contributed by atoms with Gasteiger partial charge in [0.15, 0.2) is 23.0 Å². The number of carbonyl (C=O) groups is 1. The average molecular weight is 586 g/mol. The Balaban J connectivity index is 0.00000462. The highest BCUT2D eigenvalue weighted by molar-refractivity contribution is 5.89. The van der Waals surface area contributed by atoms with Crippen LogP contribution in [0.25, 0.3) is 0 Å². The van der Waals surface area contributed by atoms with Gasteiger partial charge in [-0.05, 0) is 91.4 Å². The van der Waals surface area contributed by atoms with E-state index in [0.29, 0.717) is 24.5 Å². The van der Waals surface area contributed by atoms with E-state index >= 15 is 0 Å². The quantitative estimate of drug-likeness (QED) is 0.180. The van der Waals surface area contributed by atoms with Crippen molar-refractivity contribution in [3.8, 4) is 28.7 Å². The molecule has 9 heteroatoms. The van der Waals surface area contributed by atoms with Crippen LogP contribution in [-0.4, -0.2) is 65.6 Å². The minimum absolute atomic E-state index is 0. The molecular weight excluding hydrogens is 546 g/mol. The van der Waals surface area contributed by atoms with Crippen LogP contribution in [0.5, 0.6) is 28.7 Å². The molecule has 1 aliphatic heterocycles. The molecule has 0 fully saturated rings. The lowest BCUT2D eigenvalue weighted by Crippen LogP contribution is -2.37. The molecule has 3 aromatic rings. The highest BCUT2D eigenvalue weighted by atomic mass is 35.5. The van der Waals surface area contributed by atoms with E-state index in [2.05, 4.69) is 29.2 Å². The summed E-state index contributed by atoms with van der Waals surface area (Å²) in [5.74, 6) is 3.32. The van der Waals surface area contributed by atoms with Crippen molar-refractivity contribution in [2.24, 2.45) is 0 Å². The first-order chi connectivity index (χ1) is 19.5. The molecule has 4 rings (SSSR count). The second-order valence-corrected chi connectivity index (χ2v) is 9.55. The average Bonchev–Trinajstić information content (AvgIpc) is 2.99. The molecule has 0 aromatic heterocycles. The topological polar surface area (TPSA) is 75.7 Å². The first kappa shape index (κ1) is 31.9. The second kappa shape index (κ2) is 15.4. The van der Waals surface area contributed by atoms with Gasteiger partial charge in [-0.25, -0.2) is 4.79 Å². The van der Waals surface area contributed by atoms with Gasteiger partial charge in [0, 0.05) is 19.1 Å². The Kier molecular flexibility index (Phi) is 12.0.